The molecule has 0 saturated heterocycles. The highest BCUT2D eigenvalue weighted by atomic mass is 16.3. The SMILES string of the molecule is CCC1(NC(=O)C2C(=O)[C@@]3(O)C(=O)C4=C(O)c5c(O)cccc5[C@H](C)[C@H]4[C@H](O)[C@H]3[C@H](N(C)C)C2O)CCCCC1. The van der Waals surface area contributed by atoms with Gasteiger partial charge in [0.05, 0.1) is 17.8 Å². The molecule has 1 aromatic rings. The van der Waals surface area contributed by atoms with Crippen LogP contribution in [0.1, 0.15) is 69.4 Å². The molecule has 3 saturated carbocycles. The number of hydrogen-bond donors (Lipinski definition) is 6. The topological polar surface area (TPSA) is 168 Å². The Hall–Kier alpha value is -2.79. The number of aromatic hydroxyl groups is 1. The van der Waals surface area contributed by atoms with Gasteiger partial charge in [-0.3, -0.25) is 14.4 Å². The fraction of sp³-hybridized carbons (Fsp3) is 0.633. The van der Waals surface area contributed by atoms with Gasteiger partial charge in [0.1, 0.15) is 17.4 Å². The van der Waals surface area contributed by atoms with E-state index in [-0.39, 0.29) is 16.9 Å². The number of aliphatic hydroxyl groups is 4. The van der Waals surface area contributed by atoms with E-state index in [4.69, 9.17) is 0 Å². The quantitative estimate of drug-likeness (QED) is 0.300. The van der Waals surface area contributed by atoms with E-state index in [1.54, 1.807) is 33.2 Å². The first-order chi connectivity index (χ1) is 18.8. The number of fused-ring (bicyclic) bond motifs is 3. The number of likely N-dealkylation sites (N-methyl/N-ethyl adjacent to an activating group) is 1. The average molecular weight is 557 g/mol. The number of phenolic OH excluding ortho intramolecular Hbond substituents is 1. The molecule has 0 aliphatic heterocycles. The molecule has 10 heteroatoms. The Bertz CT molecular complexity index is 1270. The van der Waals surface area contributed by atoms with E-state index >= 15 is 0 Å². The summed E-state index contributed by atoms with van der Waals surface area (Å²) >= 11 is 0. The van der Waals surface area contributed by atoms with Gasteiger partial charge in [-0.15, -0.1) is 0 Å². The lowest BCUT2D eigenvalue weighted by Gasteiger charge is -2.56. The Kier molecular flexibility index (Phi) is 7.14. The number of carbonyl (C=O) groups is 3. The van der Waals surface area contributed by atoms with Crippen LogP contribution in [0.25, 0.3) is 5.76 Å². The number of nitrogens with zero attached hydrogens (tertiary/aromatic N) is 1. The summed E-state index contributed by atoms with van der Waals surface area (Å²) in [5.41, 5.74) is -3.28. The Morgan fingerprint density at radius 3 is 2.33 bits per heavy atom. The highest BCUT2D eigenvalue weighted by molar-refractivity contribution is 6.25. The minimum atomic E-state index is -2.89. The highest BCUT2D eigenvalue weighted by Gasteiger charge is 2.71. The molecular weight excluding hydrogens is 516 g/mol. The van der Waals surface area contributed by atoms with Crippen molar-refractivity contribution in [1.82, 2.24) is 10.2 Å². The number of phenols is 1. The maximum Gasteiger partial charge on any atom is 0.233 e. The van der Waals surface area contributed by atoms with Crippen LogP contribution in [0, 0.1) is 17.8 Å². The van der Waals surface area contributed by atoms with Gasteiger partial charge in [0.15, 0.2) is 11.4 Å². The molecular formula is C30H40N2O8. The molecule has 4 aliphatic carbocycles. The van der Waals surface area contributed by atoms with Gasteiger partial charge in [-0.05, 0) is 50.9 Å². The Balaban J connectivity index is 1.63. The lowest BCUT2D eigenvalue weighted by molar-refractivity contribution is -0.199. The van der Waals surface area contributed by atoms with Crippen molar-refractivity contribution >= 4 is 23.2 Å². The van der Waals surface area contributed by atoms with Gasteiger partial charge in [-0.25, -0.2) is 0 Å². The number of amides is 1. The minimum Gasteiger partial charge on any atom is -0.507 e. The monoisotopic (exact) mass is 556 g/mol. The van der Waals surface area contributed by atoms with Crippen LogP contribution in [-0.2, 0) is 14.4 Å². The van der Waals surface area contributed by atoms with Gasteiger partial charge < -0.3 is 35.7 Å². The van der Waals surface area contributed by atoms with Crippen molar-refractivity contribution in [2.24, 2.45) is 17.8 Å². The van der Waals surface area contributed by atoms with Crippen molar-refractivity contribution in [2.75, 3.05) is 14.1 Å². The second-order valence-electron chi connectivity index (χ2n) is 12.4. The first kappa shape index (κ1) is 28.7. The van der Waals surface area contributed by atoms with Crippen LogP contribution >= 0.6 is 0 Å². The summed E-state index contributed by atoms with van der Waals surface area (Å²) in [5, 5.41) is 60.1. The van der Waals surface area contributed by atoms with Gasteiger partial charge in [0.2, 0.25) is 11.7 Å². The number of nitrogens with one attached hydrogen (secondary N) is 1. The molecule has 0 heterocycles. The lowest BCUT2D eigenvalue weighted by Crippen LogP contribution is -2.77. The molecule has 3 fully saturated rings. The zero-order chi connectivity index (χ0) is 29.3. The normalized spacial score (nSPS) is 37.0. The number of carbonyl (C=O) groups excluding carboxylic acids is 3. The standard InChI is InChI=1S/C30H40N2O8/c1-5-29(12-7-6-8-13-29)31-28(39)20-25(36)22(32(3)4)21-24(35)17-14(2)15-10-9-11-16(33)18(15)23(34)19(17)26(37)30(21,40)27(20)38/h9-11,14,17,20-22,24-25,33-36,40H,5-8,12-13H2,1-4H3,(H,31,39)/t14-,17+,20?,21+,22-,24-,25?,30-/m0/s1. The fourth-order valence-electron chi connectivity index (χ4n) is 8.05. The molecule has 5 rings (SSSR count). The number of aliphatic hydroxyl groups excluding tert-OH is 3. The largest absolute Gasteiger partial charge is 0.507 e. The van der Waals surface area contributed by atoms with E-state index in [2.05, 4.69) is 5.32 Å². The Morgan fingerprint density at radius 2 is 1.73 bits per heavy atom. The van der Waals surface area contributed by atoms with Gasteiger partial charge >= 0.3 is 0 Å². The maximum atomic E-state index is 14.2. The molecule has 6 N–H and O–H groups in total. The van der Waals surface area contributed by atoms with Gasteiger partial charge in [-0.1, -0.05) is 45.2 Å². The molecule has 0 bridgehead atoms. The number of rotatable bonds is 4. The molecule has 0 spiro atoms. The molecule has 1 aromatic carbocycles. The van der Waals surface area contributed by atoms with Crippen molar-refractivity contribution in [3.63, 3.8) is 0 Å². The molecule has 40 heavy (non-hydrogen) atoms. The smallest absolute Gasteiger partial charge is 0.233 e. The summed E-state index contributed by atoms with van der Waals surface area (Å²) in [6.45, 7) is 3.68. The van der Waals surface area contributed by atoms with E-state index in [1.807, 2.05) is 6.92 Å². The molecule has 0 aromatic heterocycles. The van der Waals surface area contributed by atoms with Crippen LogP contribution in [0.4, 0.5) is 0 Å². The van der Waals surface area contributed by atoms with E-state index in [0.717, 1.165) is 32.1 Å². The summed E-state index contributed by atoms with van der Waals surface area (Å²) in [7, 11) is 3.18. The zero-order valence-corrected chi connectivity index (χ0v) is 23.4. The molecule has 1 amide bonds. The predicted octanol–water partition coefficient (Wildman–Crippen LogP) is 1.40. The van der Waals surface area contributed by atoms with E-state index < -0.39 is 76.3 Å². The molecule has 4 aliphatic rings. The third kappa shape index (κ3) is 3.87. The van der Waals surface area contributed by atoms with E-state index in [0.29, 0.717) is 12.0 Å². The summed E-state index contributed by atoms with van der Waals surface area (Å²) in [4.78, 5) is 43.5. The van der Waals surface area contributed by atoms with Crippen LogP contribution in [0.5, 0.6) is 5.75 Å². The van der Waals surface area contributed by atoms with Gasteiger partial charge in [0, 0.05) is 29.0 Å². The lowest BCUT2D eigenvalue weighted by atomic mass is 9.51. The summed E-state index contributed by atoms with van der Waals surface area (Å²) in [5.74, 6) is -8.81. The van der Waals surface area contributed by atoms with Crippen LogP contribution in [0.2, 0.25) is 0 Å². The Morgan fingerprint density at radius 1 is 1.07 bits per heavy atom. The maximum absolute atomic E-state index is 14.2. The van der Waals surface area contributed by atoms with Crippen molar-refractivity contribution < 1.29 is 39.9 Å². The van der Waals surface area contributed by atoms with Crippen molar-refractivity contribution in [3.05, 3.63) is 34.9 Å². The van der Waals surface area contributed by atoms with Crippen molar-refractivity contribution in [2.45, 2.75) is 87.7 Å². The third-order valence-electron chi connectivity index (χ3n) is 10.2. The van der Waals surface area contributed by atoms with Crippen LogP contribution in [-0.4, -0.2) is 91.4 Å². The van der Waals surface area contributed by atoms with E-state index in [9.17, 15) is 39.9 Å². The predicted molar refractivity (Wildman–Crippen MR) is 145 cm³/mol. The minimum absolute atomic E-state index is 0.00721. The van der Waals surface area contributed by atoms with Crippen LogP contribution in [0.3, 0.4) is 0 Å². The Labute approximate surface area is 233 Å². The first-order valence-electron chi connectivity index (χ1n) is 14.2. The number of benzene rings is 1. The average Bonchev–Trinajstić information content (AvgIpc) is 2.91. The van der Waals surface area contributed by atoms with Crippen molar-refractivity contribution in [3.8, 4) is 5.75 Å². The first-order valence-corrected chi connectivity index (χ1v) is 14.2. The van der Waals surface area contributed by atoms with E-state index in [1.165, 1.54) is 11.0 Å². The fourth-order valence-corrected chi connectivity index (χ4v) is 8.05. The molecule has 0 radical (unpaired) electrons. The molecule has 10 nitrogen and oxygen atoms in total. The van der Waals surface area contributed by atoms with Gasteiger partial charge in [-0.2, -0.15) is 0 Å². The summed E-state index contributed by atoms with van der Waals surface area (Å²) in [6.07, 6.45) is 1.77. The van der Waals surface area contributed by atoms with Gasteiger partial charge in [0.25, 0.3) is 0 Å². The second kappa shape index (κ2) is 9.94. The number of Topliss-reactive ketones (excluding diaryl/α,β-unsaturated/α-hetero) is 2. The van der Waals surface area contributed by atoms with Crippen LogP contribution in [0.15, 0.2) is 23.8 Å². The molecule has 8 atom stereocenters. The van der Waals surface area contributed by atoms with Crippen molar-refractivity contribution in [1.29, 1.82) is 0 Å². The molecule has 2 unspecified atom stereocenters. The highest BCUT2D eigenvalue weighted by Crippen LogP contribution is 2.55. The second-order valence-corrected chi connectivity index (χ2v) is 12.4. The number of ketones is 2. The summed E-state index contributed by atoms with van der Waals surface area (Å²) < 4.78 is 0. The molecule has 218 valence electrons. The van der Waals surface area contributed by atoms with Crippen LogP contribution < -0.4 is 5.32 Å². The zero-order valence-electron chi connectivity index (χ0n) is 23.4. The number of hydrogen-bond acceptors (Lipinski definition) is 9. The summed E-state index contributed by atoms with van der Waals surface area (Å²) in [6, 6.07) is 3.47. The third-order valence-corrected chi connectivity index (χ3v) is 10.2.